The Bertz CT molecular complexity index is 1560. The molecule has 1 N–H and O–H groups in total. The first-order valence-corrected chi connectivity index (χ1v) is 15.5. The van der Waals surface area contributed by atoms with Crippen LogP contribution in [0.15, 0.2) is 97.5 Å². The summed E-state index contributed by atoms with van der Waals surface area (Å²) in [4.78, 5) is 16.8. The van der Waals surface area contributed by atoms with Crippen molar-refractivity contribution in [3.05, 3.63) is 120 Å². The van der Waals surface area contributed by atoms with Crippen molar-refractivity contribution in [1.29, 1.82) is 0 Å². The lowest BCUT2D eigenvalue weighted by atomic mass is 9.71. The number of carbonyl (C=O) groups is 1. The molecule has 5 aromatic rings. The minimum Gasteiger partial charge on any atom is -0.361 e. The number of benzene rings is 3. The highest BCUT2D eigenvalue weighted by Gasteiger charge is 2.33. The molecule has 0 fully saturated rings. The van der Waals surface area contributed by atoms with Crippen LogP contribution < -0.4 is 5.32 Å². The van der Waals surface area contributed by atoms with Gasteiger partial charge in [0, 0.05) is 23.2 Å². The fourth-order valence-corrected chi connectivity index (χ4v) is 6.40. The molecule has 206 valence electrons. The van der Waals surface area contributed by atoms with Crippen molar-refractivity contribution in [3.8, 4) is 5.69 Å². The zero-order chi connectivity index (χ0) is 28.7. The number of nitrogens with zero attached hydrogens (tertiary/aromatic N) is 3. The first-order chi connectivity index (χ1) is 19.4. The van der Waals surface area contributed by atoms with Crippen molar-refractivity contribution < 1.29 is 4.79 Å². The SMILES string of the molecule is C=C.CCPC(=O)c1csc(NCC(C)(C)C(c2ccccc2)c2ccc3c(cnn3-c3ccc(C)cc3)c2)n1. The number of carbonyl (C=O) groups excluding carboxylic acids is 1. The van der Waals surface area contributed by atoms with E-state index in [1.54, 1.807) is 0 Å². The Morgan fingerprint density at radius 3 is 2.48 bits per heavy atom. The number of anilines is 1. The molecule has 2 heterocycles. The average Bonchev–Trinajstić information content (AvgIpc) is 3.62. The van der Waals surface area contributed by atoms with Gasteiger partial charge in [-0.05, 0) is 62.5 Å². The minimum absolute atomic E-state index is 0.137. The van der Waals surface area contributed by atoms with Crippen LogP contribution in [-0.4, -0.2) is 33.0 Å². The highest BCUT2D eigenvalue weighted by molar-refractivity contribution is 7.58. The van der Waals surface area contributed by atoms with E-state index in [1.165, 1.54) is 28.0 Å². The van der Waals surface area contributed by atoms with Crippen LogP contribution in [-0.2, 0) is 0 Å². The van der Waals surface area contributed by atoms with Gasteiger partial charge in [-0.15, -0.1) is 24.5 Å². The lowest BCUT2D eigenvalue weighted by Gasteiger charge is -2.35. The molecular weight excluding hydrogens is 531 g/mol. The lowest BCUT2D eigenvalue weighted by Crippen LogP contribution is -2.31. The summed E-state index contributed by atoms with van der Waals surface area (Å²) in [5.41, 5.74) is 6.46. The summed E-state index contributed by atoms with van der Waals surface area (Å²) >= 11 is 1.50. The molecule has 2 unspecified atom stereocenters. The molecule has 40 heavy (non-hydrogen) atoms. The summed E-state index contributed by atoms with van der Waals surface area (Å²) in [7, 11) is 0.283. The highest BCUT2D eigenvalue weighted by Crippen LogP contribution is 2.42. The molecule has 3 aromatic carbocycles. The van der Waals surface area contributed by atoms with E-state index in [2.05, 4.69) is 117 Å². The quantitative estimate of drug-likeness (QED) is 0.135. The van der Waals surface area contributed by atoms with Crippen LogP contribution in [0.25, 0.3) is 16.6 Å². The Labute approximate surface area is 243 Å². The molecule has 0 amide bonds. The van der Waals surface area contributed by atoms with Gasteiger partial charge in [0.1, 0.15) is 5.69 Å². The third-order valence-electron chi connectivity index (χ3n) is 6.89. The molecule has 0 aliphatic rings. The maximum Gasteiger partial charge on any atom is 0.200 e. The third kappa shape index (κ3) is 6.57. The molecule has 5 nitrogen and oxygen atoms in total. The van der Waals surface area contributed by atoms with Gasteiger partial charge in [0.15, 0.2) is 10.7 Å². The van der Waals surface area contributed by atoms with Crippen LogP contribution >= 0.6 is 19.9 Å². The van der Waals surface area contributed by atoms with Crippen LogP contribution in [0.3, 0.4) is 0 Å². The first-order valence-electron chi connectivity index (χ1n) is 13.4. The molecule has 0 spiro atoms. The number of thiazole rings is 1. The molecule has 0 radical (unpaired) electrons. The summed E-state index contributed by atoms with van der Waals surface area (Å²) in [6.45, 7) is 15.4. The second kappa shape index (κ2) is 13.2. The summed E-state index contributed by atoms with van der Waals surface area (Å²) in [6, 6.07) is 25.8. The van der Waals surface area contributed by atoms with E-state index in [0.29, 0.717) is 12.2 Å². The molecule has 2 atom stereocenters. The molecule has 0 saturated heterocycles. The Kier molecular flexibility index (Phi) is 9.67. The predicted octanol–water partition coefficient (Wildman–Crippen LogP) is 8.70. The summed E-state index contributed by atoms with van der Waals surface area (Å²) < 4.78 is 2.00. The number of hydrogen-bond acceptors (Lipinski definition) is 5. The monoisotopic (exact) mass is 568 g/mol. The van der Waals surface area contributed by atoms with E-state index < -0.39 is 0 Å². The number of fused-ring (bicyclic) bond motifs is 1. The van der Waals surface area contributed by atoms with Crippen molar-refractivity contribution >= 4 is 41.5 Å². The highest BCUT2D eigenvalue weighted by atomic mass is 32.1. The zero-order valence-electron chi connectivity index (χ0n) is 23.6. The molecule has 2 aromatic heterocycles. The second-order valence-electron chi connectivity index (χ2n) is 10.3. The van der Waals surface area contributed by atoms with Gasteiger partial charge in [0.2, 0.25) is 0 Å². The maximum atomic E-state index is 12.3. The summed E-state index contributed by atoms with van der Waals surface area (Å²) in [6.07, 6.45) is 2.82. The van der Waals surface area contributed by atoms with E-state index in [-0.39, 0.29) is 25.4 Å². The Morgan fingerprint density at radius 2 is 1.77 bits per heavy atom. The fraction of sp³-hybridized carbons (Fsp3) is 0.242. The molecule has 0 aliphatic heterocycles. The Balaban J connectivity index is 0.00000181. The van der Waals surface area contributed by atoms with E-state index in [1.807, 2.05) is 23.2 Å². The Morgan fingerprint density at radius 1 is 1.05 bits per heavy atom. The summed E-state index contributed by atoms with van der Waals surface area (Å²) in [5.74, 6) is 0.144. The van der Waals surface area contributed by atoms with Crippen LogP contribution in [0.4, 0.5) is 5.13 Å². The smallest absolute Gasteiger partial charge is 0.200 e. The number of rotatable bonds is 10. The molecule has 0 saturated carbocycles. The lowest BCUT2D eigenvalue weighted by molar-refractivity contribution is 0.108. The molecule has 0 aliphatic carbocycles. The van der Waals surface area contributed by atoms with E-state index >= 15 is 0 Å². The molecular formula is C33H37N4OPS. The van der Waals surface area contributed by atoms with Crippen molar-refractivity contribution in [3.63, 3.8) is 0 Å². The van der Waals surface area contributed by atoms with Crippen LogP contribution in [0.1, 0.15) is 53.9 Å². The molecule has 7 heteroatoms. The van der Waals surface area contributed by atoms with Crippen molar-refractivity contribution in [2.75, 3.05) is 18.0 Å². The van der Waals surface area contributed by atoms with Crippen molar-refractivity contribution in [1.82, 2.24) is 14.8 Å². The van der Waals surface area contributed by atoms with Crippen molar-refractivity contribution in [2.24, 2.45) is 5.41 Å². The van der Waals surface area contributed by atoms with Crippen molar-refractivity contribution in [2.45, 2.75) is 33.6 Å². The Hall–Kier alpha value is -3.60. The van der Waals surface area contributed by atoms with Crippen LogP contribution in [0, 0.1) is 12.3 Å². The van der Waals surface area contributed by atoms with Gasteiger partial charge in [-0.1, -0.05) is 74.9 Å². The minimum atomic E-state index is -0.150. The average molecular weight is 569 g/mol. The second-order valence-corrected chi connectivity index (χ2v) is 12.7. The molecule has 0 bridgehead atoms. The van der Waals surface area contributed by atoms with Crippen LogP contribution in [0.5, 0.6) is 0 Å². The maximum absolute atomic E-state index is 12.3. The number of aromatic nitrogens is 3. The fourth-order valence-electron chi connectivity index (χ4n) is 4.98. The summed E-state index contributed by atoms with van der Waals surface area (Å²) in [5, 5.41) is 12.0. The van der Waals surface area contributed by atoms with Gasteiger partial charge in [0.05, 0.1) is 17.4 Å². The predicted molar refractivity (Wildman–Crippen MR) is 173 cm³/mol. The van der Waals surface area contributed by atoms with Gasteiger partial charge >= 0.3 is 0 Å². The topological polar surface area (TPSA) is 59.8 Å². The number of nitrogens with one attached hydrogen (secondary N) is 1. The van der Waals surface area contributed by atoms with Gasteiger partial charge in [0.25, 0.3) is 0 Å². The standard InChI is InChI=1S/C31H33N4OPS.C2H4/c1-5-37-29(36)26-19-38-30(34-26)32-20-31(3,4)28(22-9-7-6-8-10-22)23-13-16-27-24(17-23)18-33-35(27)25-14-11-21(2)12-15-25;1-2/h6-19,28,37H,5,20H2,1-4H3,(H,32,34);1-2H2. The van der Waals surface area contributed by atoms with Gasteiger partial charge < -0.3 is 5.32 Å². The van der Waals surface area contributed by atoms with E-state index in [0.717, 1.165) is 27.9 Å². The third-order valence-corrected chi connectivity index (χ3v) is 8.62. The normalized spacial score (nSPS) is 12.3. The van der Waals surface area contributed by atoms with Gasteiger partial charge in [-0.3, -0.25) is 4.79 Å². The number of hydrogen-bond donors (Lipinski definition) is 1. The molecule has 5 rings (SSSR count). The first kappa shape index (κ1) is 29.4. The van der Waals surface area contributed by atoms with E-state index in [9.17, 15) is 4.79 Å². The zero-order valence-corrected chi connectivity index (χ0v) is 25.5. The van der Waals surface area contributed by atoms with E-state index in [4.69, 9.17) is 5.10 Å². The van der Waals surface area contributed by atoms with Gasteiger partial charge in [-0.2, -0.15) is 5.10 Å². The number of aryl methyl sites for hydroxylation is 1. The van der Waals surface area contributed by atoms with Gasteiger partial charge in [-0.25, -0.2) is 9.67 Å². The van der Waals surface area contributed by atoms with Crippen LogP contribution in [0.2, 0.25) is 0 Å². The largest absolute Gasteiger partial charge is 0.361 e.